The van der Waals surface area contributed by atoms with Gasteiger partial charge in [-0.15, -0.1) is 0 Å². The fourth-order valence-corrected chi connectivity index (χ4v) is 1.74. The Labute approximate surface area is 82.6 Å². The van der Waals surface area contributed by atoms with Gasteiger partial charge < -0.3 is 4.90 Å². The first kappa shape index (κ1) is 8.76. The van der Waals surface area contributed by atoms with Gasteiger partial charge in [0.15, 0.2) is 6.07 Å². The highest BCUT2D eigenvalue weighted by Gasteiger charge is 2.19. The number of amides is 1. The average Bonchev–Trinajstić information content (AvgIpc) is 2.27. The largest absolute Gasteiger partial charge is 0.325 e. The van der Waals surface area contributed by atoms with Gasteiger partial charge in [-0.25, -0.2) is 0 Å². The summed E-state index contributed by atoms with van der Waals surface area (Å²) in [7, 11) is 0. The number of benzene rings is 1. The van der Waals surface area contributed by atoms with Crippen LogP contribution in [0.2, 0.25) is 0 Å². The molecule has 14 heavy (non-hydrogen) atoms. The van der Waals surface area contributed by atoms with E-state index in [0.29, 0.717) is 13.1 Å². The number of fused-ring (bicyclic) bond motifs is 1. The van der Waals surface area contributed by atoms with Crippen molar-refractivity contribution in [2.45, 2.75) is 13.0 Å². The van der Waals surface area contributed by atoms with Crippen molar-refractivity contribution in [2.75, 3.05) is 6.54 Å². The van der Waals surface area contributed by atoms with Gasteiger partial charge in [-0.1, -0.05) is 24.3 Å². The summed E-state index contributed by atoms with van der Waals surface area (Å²) < 4.78 is 0. The molecule has 0 saturated heterocycles. The first-order valence-corrected chi connectivity index (χ1v) is 4.57. The molecule has 3 nitrogen and oxygen atoms in total. The van der Waals surface area contributed by atoms with E-state index >= 15 is 0 Å². The van der Waals surface area contributed by atoms with Crippen LogP contribution in [0.25, 0.3) is 0 Å². The van der Waals surface area contributed by atoms with E-state index in [-0.39, 0.29) is 0 Å². The summed E-state index contributed by atoms with van der Waals surface area (Å²) in [4.78, 5) is 12.7. The second-order valence-corrected chi connectivity index (χ2v) is 3.36. The van der Waals surface area contributed by atoms with Crippen LogP contribution in [0.4, 0.5) is 0 Å². The molecule has 0 saturated carbocycles. The minimum absolute atomic E-state index is 0.431. The van der Waals surface area contributed by atoms with Crippen molar-refractivity contribution in [3.63, 3.8) is 0 Å². The molecular weight excluding hydrogens is 176 g/mol. The van der Waals surface area contributed by atoms with E-state index in [1.165, 1.54) is 5.56 Å². The van der Waals surface area contributed by atoms with E-state index in [2.05, 4.69) is 6.07 Å². The number of hydrogen-bond acceptors (Lipinski definition) is 2. The molecule has 0 spiro atoms. The van der Waals surface area contributed by atoms with Crippen molar-refractivity contribution >= 4 is 5.91 Å². The first-order valence-electron chi connectivity index (χ1n) is 4.57. The lowest BCUT2D eigenvalue weighted by Crippen LogP contribution is -2.34. The van der Waals surface area contributed by atoms with Crippen LogP contribution in [0.5, 0.6) is 0 Å². The number of carbonyl (C=O) groups is 1. The highest BCUT2D eigenvalue weighted by Crippen LogP contribution is 2.17. The lowest BCUT2D eigenvalue weighted by molar-refractivity contribution is -0.126. The molecule has 0 aromatic heterocycles. The van der Waals surface area contributed by atoms with E-state index < -0.39 is 5.91 Å². The van der Waals surface area contributed by atoms with Gasteiger partial charge in [-0.05, 0) is 17.5 Å². The summed E-state index contributed by atoms with van der Waals surface area (Å²) >= 11 is 0. The Morgan fingerprint density at radius 3 is 2.79 bits per heavy atom. The van der Waals surface area contributed by atoms with Crippen molar-refractivity contribution in [1.29, 1.82) is 5.26 Å². The van der Waals surface area contributed by atoms with Crippen LogP contribution in [0.3, 0.4) is 0 Å². The lowest BCUT2D eigenvalue weighted by atomic mass is 10.00. The molecule has 2 rings (SSSR count). The number of rotatable bonds is 0. The summed E-state index contributed by atoms with van der Waals surface area (Å²) in [6, 6.07) is 9.69. The quantitative estimate of drug-likeness (QED) is 0.569. The van der Waals surface area contributed by atoms with Gasteiger partial charge in [0.1, 0.15) is 0 Å². The van der Waals surface area contributed by atoms with Gasteiger partial charge in [-0.3, -0.25) is 4.79 Å². The zero-order valence-electron chi connectivity index (χ0n) is 7.73. The standard InChI is InChI=1S/C11H10N2O/c12-7-11(14)13-6-5-9-3-1-2-4-10(9)8-13/h1-4H,5-6,8H2. The molecule has 0 bridgehead atoms. The maximum Gasteiger partial charge on any atom is 0.325 e. The van der Waals surface area contributed by atoms with E-state index in [4.69, 9.17) is 5.26 Å². The molecule has 1 heterocycles. The normalized spacial score (nSPS) is 14.4. The first-order chi connectivity index (χ1) is 6.81. The van der Waals surface area contributed by atoms with Gasteiger partial charge in [0.2, 0.25) is 0 Å². The van der Waals surface area contributed by atoms with Crippen molar-refractivity contribution in [3.8, 4) is 6.07 Å². The van der Waals surface area contributed by atoms with Crippen LogP contribution in [0.1, 0.15) is 11.1 Å². The van der Waals surface area contributed by atoms with Gasteiger partial charge >= 0.3 is 5.91 Å². The summed E-state index contributed by atoms with van der Waals surface area (Å²) in [5, 5.41) is 8.49. The molecular formula is C11H10N2O. The Morgan fingerprint density at radius 2 is 2.07 bits per heavy atom. The van der Waals surface area contributed by atoms with E-state index in [1.807, 2.05) is 18.2 Å². The minimum atomic E-state index is -0.431. The maximum atomic E-state index is 11.1. The zero-order chi connectivity index (χ0) is 9.97. The number of nitriles is 1. The minimum Gasteiger partial charge on any atom is -0.325 e. The molecule has 1 amide bonds. The summed E-state index contributed by atoms with van der Waals surface area (Å²) in [5.74, 6) is -0.431. The molecule has 0 N–H and O–H groups in total. The predicted octanol–water partition coefficient (Wildman–Crippen LogP) is 1.09. The van der Waals surface area contributed by atoms with Crippen LogP contribution in [0, 0.1) is 11.3 Å². The Kier molecular flexibility index (Phi) is 2.19. The third kappa shape index (κ3) is 1.47. The number of carbonyl (C=O) groups excluding carboxylic acids is 1. The molecule has 1 aliphatic rings. The van der Waals surface area contributed by atoms with Gasteiger partial charge in [0, 0.05) is 13.1 Å². The Hall–Kier alpha value is -1.82. The van der Waals surface area contributed by atoms with Crippen molar-refractivity contribution in [3.05, 3.63) is 35.4 Å². The predicted molar refractivity (Wildman–Crippen MR) is 51.2 cm³/mol. The van der Waals surface area contributed by atoms with Crippen LogP contribution >= 0.6 is 0 Å². The summed E-state index contributed by atoms with van der Waals surface area (Å²) in [6.07, 6.45) is 0.851. The third-order valence-electron chi connectivity index (χ3n) is 2.51. The highest BCUT2D eigenvalue weighted by molar-refractivity contribution is 5.91. The molecule has 0 unspecified atom stereocenters. The third-order valence-corrected chi connectivity index (χ3v) is 2.51. The van der Waals surface area contributed by atoms with E-state index in [1.54, 1.807) is 11.0 Å². The van der Waals surface area contributed by atoms with Crippen LogP contribution in [-0.2, 0) is 17.8 Å². The summed E-state index contributed by atoms with van der Waals surface area (Å²) in [5.41, 5.74) is 2.44. The second kappa shape index (κ2) is 3.51. The molecule has 1 aliphatic heterocycles. The SMILES string of the molecule is N#CC(=O)N1CCc2ccccc2C1. The van der Waals surface area contributed by atoms with E-state index in [9.17, 15) is 4.79 Å². The zero-order valence-corrected chi connectivity index (χ0v) is 7.73. The molecule has 0 fully saturated rings. The fraction of sp³-hybridized carbons (Fsp3) is 0.273. The molecule has 1 aromatic carbocycles. The Bertz CT molecular complexity index is 406. The van der Waals surface area contributed by atoms with Crippen molar-refractivity contribution in [2.24, 2.45) is 0 Å². The fourth-order valence-electron chi connectivity index (χ4n) is 1.74. The van der Waals surface area contributed by atoms with Crippen molar-refractivity contribution < 1.29 is 4.79 Å². The van der Waals surface area contributed by atoms with Crippen molar-refractivity contribution in [1.82, 2.24) is 4.90 Å². The Balaban J connectivity index is 2.22. The topological polar surface area (TPSA) is 44.1 Å². The number of hydrogen-bond donors (Lipinski definition) is 0. The molecule has 0 atom stereocenters. The van der Waals surface area contributed by atoms with Gasteiger partial charge in [0.25, 0.3) is 0 Å². The second-order valence-electron chi connectivity index (χ2n) is 3.36. The monoisotopic (exact) mass is 186 g/mol. The van der Waals surface area contributed by atoms with E-state index in [0.717, 1.165) is 12.0 Å². The molecule has 0 radical (unpaired) electrons. The van der Waals surface area contributed by atoms with Gasteiger partial charge in [-0.2, -0.15) is 5.26 Å². The maximum absolute atomic E-state index is 11.1. The molecule has 0 aliphatic carbocycles. The molecule has 1 aromatic rings. The molecule has 70 valence electrons. The lowest BCUT2D eigenvalue weighted by Gasteiger charge is -2.26. The number of nitrogens with zero attached hydrogens (tertiary/aromatic N) is 2. The Morgan fingerprint density at radius 1 is 1.36 bits per heavy atom. The van der Waals surface area contributed by atoms with Crippen LogP contribution in [-0.4, -0.2) is 17.4 Å². The van der Waals surface area contributed by atoms with Crippen LogP contribution < -0.4 is 0 Å². The summed E-state index contributed by atoms with van der Waals surface area (Å²) in [6.45, 7) is 1.23. The smallest absolute Gasteiger partial charge is 0.325 e. The van der Waals surface area contributed by atoms with Gasteiger partial charge in [0.05, 0.1) is 0 Å². The molecule has 3 heteroatoms. The average molecular weight is 186 g/mol. The highest BCUT2D eigenvalue weighted by atomic mass is 16.2. The van der Waals surface area contributed by atoms with Crippen LogP contribution in [0.15, 0.2) is 24.3 Å².